The van der Waals surface area contributed by atoms with Crippen LogP contribution in [0.15, 0.2) is 24.5 Å². The van der Waals surface area contributed by atoms with Crippen molar-refractivity contribution < 1.29 is 0 Å². The van der Waals surface area contributed by atoms with Crippen LogP contribution >= 0.6 is 0 Å². The first-order valence-corrected chi connectivity index (χ1v) is 5.12. The van der Waals surface area contributed by atoms with Crippen LogP contribution in [0.25, 0.3) is 0 Å². The summed E-state index contributed by atoms with van der Waals surface area (Å²) < 4.78 is 0. The van der Waals surface area contributed by atoms with E-state index < -0.39 is 0 Å². The van der Waals surface area contributed by atoms with Crippen LogP contribution in [0, 0.1) is 0 Å². The Kier molecular flexibility index (Phi) is 4.56. The fourth-order valence-electron chi connectivity index (χ4n) is 1.45. The van der Waals surface area contributed by atoms with Crippen molar-refractivity contribution in [1.29, 1.82) is 0 Å². The molecule has 0 bridgehead atoms. The van der Waals surface area contributed by atoms with Crippen LogP contribution in [-0.4, -0.2) is 17.1 Å². The van der Waals surface area contributed by atoms with E-state index in [-0.39, 0.29) is 6.04 Å². The van der Waals surface area contributed by atoms with E-state index in [0.717, 1.165) is 13.0 Å². The van der Waals surface area contributed by atoms with Crippen LogP contribution < -0.4 is 11.1 Å². The van der Waals surface area contributed by atoms with Gasteiger partial charge >= 0.3 is 0 Å². The fraction of sp³-hybridized carbons (Fsp3) is 0.545. The minimum Gasteiger partial charge on any atom is -0.327 e. The summed E-state index contributed by atoms with van der Waals surface area (Å²) in [6.07, 6.45) is 4.68. The van der Waals surface area contributed by atoms with Gasteiger partial charge in [0, 0.05) is 31.0 Å². The minimum atomic E-state index is 0.196. The molecular weight excluding hydrogens is 174 g/mol. The van der Waals surface area contributed by atoms with E-state index in [1.807, 2.05) is 31.5 Å². The Labute approximate surface area is 85.7 Å². The van der Waals surface area contributed by atoms with Gasteiger partial charge in [0.1, 0.15) is 0 Å². The van der Waals surface area contributed by atoms with Gasteiger partial charge in [0.05, 0.1) is 0 Å². The van der Waals surface area contributed by atoms with E-state index in [0.29, 0.717) is 6.04 Å². The largest absolute Gasteiger partial charge is 0.327 e. The number of rotatable bonds is 5. The van der Waals surface area contributed by atoms with Crippen molar-refractivity contribution in [3.05, 3.63) is 30.1 Å². The molecule has 2 unspecified atom stereocenters. The molecule has 0 radical (unpaired) electrons. The highest BCUT2D eigenvalue weighted by atomic mass is 14.9. The average molecular weight is 193 g/mol. The van der Waals surface area contributed by atoms with Crippen molar-refractivity contribution in [2.75, 3.05) is 0 Å². The van der Waals surface area contributed by atoms with Crippen molar-refractivity contribution in [2.24, 2.45) is 5.73 Å². The van der Waals surface area contributed by atoms with Gasteiger partial charge in [-0.15, -0.1) is 0 Å². The Hall–Kier alpha value is -0.930. The first kappa shape index (κ1) is 11.1. The van der Waals surface area contributed by atoms with Gasteiger partial charge in [0.25, 0.3) is 0 Å². The third-order valence-corrected chi connectivity index (χ3v) is 2.39. The third kappa shape index (κ3) is 3.44. The van der Waals surface area contributed by atoms with Gasteiger partial charge in [-0.2, -0.15) is 0 Å². The van der Waals surface area contributed by atoms with Gasteiger partial charge in [0.15, 0.2) is 0 Å². The van der Waals surface area contributed by atoms with Gasteiger partial charge in [-0.05, 0) is 31.0 Å². The second kappa shape index (κ2) is 5.73. The molecule has 3 heteroatoms. The molecule has 0 saturated carbocycles. The molecule has 14 heavy (non-hydrogen) atoms. The summed E-state index contributed by atoms with van der Waals surface area (Å²) >= 11 is 0. The highest BCUT2D eigenvalue weighted by molar-refractivity contribution is 5.09. The Balaban J connectivity index is 2.40. The molecule has 2 atom stereocenters. The second-order valence-electron chi connectivity index (χ2n) is 3.61. The average Bonchev–Trinajstić information content (AvgIpc) is 2.20. The molecule has 3 N–H and O–H groups in total. The number of hydrogen-bond donors (Lipinski definition) is 2. The number of nitrogens with zero attached hydrogens (tertiary/aromatic N) is 1. The molecule has 0 fully saturated rings. The molecule has 0 saturated heterocycles. The molecule has 0 amide bonds. The first-order chi connectivity index (χ1) is 6.74. The van der Waals surface area contributed by atoms with E-state index in [9.17, 15) is 0 Å². The Morgan fingerprint density at radius 3 is 2.57 bits per heavy atom. The van der Waals surface area contributed by atoms with Crippen LogP contribution in [0.5, 0.6) is 0 Å². The molecule has 0 aliphatic heterocycles. The van der Waals surface area contributed by atoms with Gasteiger partial charge in [-0.1, -0.05) is 6.92 Å². The highest BCUT2D eigenvalue weighted by Crippen LogP contribution is 2.00. The SMILES string of the molecule is CCC(NCc1ccncc1)C(C)N. The summed E-state index contributed by atoms with van der Waals surface area (Å²) in [5.74, 6) is 0. The molecule has 78 valence electrons. The zero-order valence-electron chi connectivity index (χ0n) is 8.90. The maximum Gasteiger partial charge on any atom is 0.0271 e. The van der Waals surface area contributed by atoms with Crippen molar-refractivity contribution in [3.8, 4) is 0 Å². The zero-order chi connectivity index (χ0) is 10.4. The standard InChI is InChI=1S/C11H19N3/c1-3-11(9(2)12)14-8-10-4-6-13-7-5-10/h4-7,9,11,14H,3,8,12H2,1-2H3. The maximum absolute atomic E-state index is 5.84. The normalized spacial score (nSPS) is 15.1. The molecule has 0 aromatic carbocycles. The Morgan fingerprint density at radius 2 is 2.07 bits per heavy atom. The smallest absolute Gasteiger partial charge is 0.0271 e. The molecule has 0 aliphatic rings. The summed E-state index contributed by atoms with van der Waals surface area (Å²) in [6, 6.07) is 4.62. The van der Waals surface area contributed by atoms with Crippen molar-refractivity contribution >= 4 is 0 Å². The van der Waals surface area contributed by atoms with Crippen LogP contribution in [0.3, 0.4) is 0 Å². The van der Waals surface area contributed by atoms with E-state index >= 15 is 0 Å². The van der Waals surface area contributed by atoms with Gasteiger partial charge < -0.3 is 11.1 Å². The molecule has 0 spiro atoms. The highest BCUT2D eigenvalue weighted by Gasteiger charge is 2.09. The predicted molar refractivity (Wildman–Crippen MR) is 58.8 cm³/mol. The summed E-state index contributed by atoms with van der Waals surface area (Å²) in [6.45, 7) is 5.05. The summed E-state index contributed by atoms with van der Waals surface area (Å²) in [5.41, 5.74) is 7.09. The van der Waals surface area contributed by atoms with Crippen molar-refractivity contribution in [3.63, 3.8) is 0 Å². The topological polar surface area (TPSA) is 50.9 Å². The molecule has 1 aromatic rings. The molecule has 1 rings (SSSR count). The predicted octanol–water partition coefficient (Wildman–Crippen LogP) is 1.30. The third-order valence-electron chi connectivity index (χ3n) is 2.39. The zero-order valence-corrected chi connectivity index (χ0v) is 8.90. The fourth-order valence-corrected chi connectivity index (χ4v) is 1.45. The van der Waals surface area contributed by atoms with E-state index in [4.69, 9.17) is 5.73 Å². The van der Waals surface area contributed by atoms with Gasteiger partial charge in [0.2, 0.25) is 0 Å². The van der Waals surface area contributed by atoms with E-state index in [1.54, 1.807) is 0 Å². The number of hydrogen-bond acceptors (Lipinski definition) is 3. The number of aromatic nitrogens is 1. The quantitative estimate of drug-likeness (QED) is 0.741. The van der Waals surface area contributed by atoms with Crippen LogP contribution in [0.4, 0.5) is 0 Å². The lowest BCUT2D eigenvalue weighted by Crippen LogP contribution is -2.42. The van der Waals surface area contributed by atoms with Crippen LogP contribution in [0.1, 0.15) is 25.8 Å². The number of nitrogens with one attached hydrogen (secondary N) is 1. The van der Waals surface area contributed by atoms with Crippen molar-refractivity contribution in [2.45, 2.75) is 38.9 Å². The van der Waals surface area contributed by atoms with Crippen LogP contribution in [-0.2, 0) is 6.54 Å². The number of pyridine rings is 1. The molecule has 3 nitrogen and oxygen atoms in total. The summed E-state index contributed by atoms with van der Waals surface area (Å²) in [4.78, 5) is 3.98. The Bertz CT molecular complexity index is 246. The lowest BCUT2D eigenvalue weighted by Gasteiger charge is -2.20. The maximum atomic E-state index is 5.84. The van der Waals surface area contributed by atoms with Gasteiger partial charge in [-0.3, -0.25) is 4.98 Å². The van der Waals surface area contributed by atoms with Crippen LogP contribution in [0.2, 0.25) is 0 Å². The van der Waals surface area contributed by atoms with E-state index in [1.165, 1.54) is 5.56 Å². The van der Waals surface area contributed by atoms with Crippen molar-refractivity contribution in [1.82, 2.24) is 10.3 Å². The molecule has 1 heterocycles. The lowest BCUT2D eigenvalue weighted by molar-refractivity contribution is 0.435. The second-order valence-corrected chi connectivity index (χ2v) is 3.61. The summed E-state index contributed by atoms with van der Waals surface area (Å²) in [7, 11) is 0. The first-order valence-electron chi connectivity index (χ1n) is 5.12. The monoisotopic (exact) mass is 193 g/mol. The molecular formula is C11H19N3. The molecule has 1 aromatic heterocycles. The Morgan fingerprint density at radius 1 is 1.43 bits per heavy atom. The van der Waals surface area contributed by atoms with Gasteiger partial charge in [-0.25, -0.2) is 0 Å². The lowest BCUT2D eigenvalue weighted by atomic mass is 10.1. The number of nitrogens with two attached hydrogens (primary N) is 1. The minimum absolute atomic E-state index is 0.196. The molecule has 0 aliphatic carbocycles. The summed E-state index contributed by atoms with van der Waals surface area (Å²) in [5, 5.41) is 3.43. The van der Waals surface area contributed by atoms with E-state index in [2.05, 4.69) is 17.2 Å².